The first-order valence-electron chi connectivity index (χ1n) is 6.74. The van der Waals surface area contributed by atoms with Crippen LogP contribution in [0.1, 0.15) is 64.2 Å². The molecule has 6 heteroatoms. The SMILES string of the molecule is NCCCCCCCCCCCCO[P+](=O)[O-].[K+]. The summed E-state index contributed by atoms with van der Waals surface area (Å²) in [6.07, 6.45) is 12.0. The van der Waals surface area contributed by atoms with Crippen LogP contribution in [0.5, 0.6) is 0 Å². The van der Waals surface area contributed by atoms with E-state index in [1.165, 1.54) is 44.9 Å². The Morgan fingerprint density at radius 2 is 1.22 bits per heavy atom. The van der Waals surface area contributed by atoms with Gasteiger partial charge in [0, 0.05) is 0 Å². The minimum atomic E-state index is -2.65. The third-order valence-corrected chi connectivity index (χ3v) is 3.19. The van der Waals surface area contributed by atoms with Crippen molar-refractivity contribution in [2.75, 3.05) is 13.2 Å². The van der Waals surface area contributed by atoms with Gasteiger partial charge in [-0.1, -0.05) is 51.4 Å². The Kier molecular flexibility index (Phi) is 22.7. The maximum Gasteiger partial charge on any atom is 1.00 e. The van der Waals surface area contributed by atoms with Crippen LogP contribution in [0.3, 0.4) is 0 Å². The van der Waals surface area contributed by atoms with Gasteiger partial charge in [0.25, 0.3) is 0 Å². The fraction of sp³-hybridized carbons (Fsp3) is 1.00. The van der Waals surface area contributed by atoms with Crippen molar-refractivity contribution in [1.82, 2.24) is 0 Å². The van der Waals surface area contributed by atoms with E-state index in [4.69, 9.17) is 5.73 Å². The number of hydrogen-bond acceptors (Lipinski definition) is 4. The molecule has 0 heterocycles. The molecule has 0 amide bonds. The fourth-order valence-corrected chi connectivity index (χ4v) is 2.08. The second-order valence-electron chi connectivity index (χ2n) is 4.38. The minimum absolute atomic E-state index is 0. The van der Waals surface area contributed by atoms with Gasteiger partial charge in [0.2, 0.25) is 0 Å². The summed E-state index contributed by atoms with van der Waals surface area (Å²) in [4.78, 5) is 10.1. The summed E-state index contributed by atoms with van der Waals surface area (Å²) in [6.45, 7) is 1.16. The van der Waals surface area contributed by atoms with E-state index in [9.17, 15) is 9.46 Å². The van der Waals surface area contributed by atoms with Gasteiger partial charge >= 0.3 is 59.6 Å². The first-order valence-corrected chi connectivity index (χ1v) is 7.84. The van der Waals surface area contributed by atoms with Crippen LogP contribution in [-0.2, 0) is 9.09 Å². The van der Waals surface area contributed by atoms with Crippen molar-refractivity contribution in [3.8, 4) is 0 Å². The largest absolute Gasteiger partial charge is 1.00 e. The van der Waals surface area contributed by atoms with Crippen molar-refractivity contribution in [1.29, 1.82) is 0 Å². The van der Waals surface area contributed by atoms with Crippen LogP contribution >= 0.6 is 8.25 Å². The maximum atomic E-state index is 10.1. The smallest absolute Gasteiger partial charge is 0.566 e. The van der Waals surface area contributed by atoms with Crippen LogP contribution in [0.4, 0.5) is 0 Å². The molecule has 2 N–H and O–H groups in total. The van der Waals surface area contributed by atoms with Gasteiger partial charge in [-0.2, -0.15) is 0 Å². The average Bonchev–Trinajstić information content (AvgIpc) is 2.30. The van der Waals surface area contributed by atoms with Gasteiger partial charge in [-0.15, -0.1) is 4.52 Å². The summed E-state index contributed by atoms with van der Waals surface area (Å²) in [7, 11) is -2.65. The fourth-order valence-electron chi connectivity index (χ4n) is 1.80. The van der Waals surface area contributed by atoms with Crippen molar-refractivity contribution >= 4 is 8.25 Å². The van der Waals surface area contributed by atoms with Crippen molar-refractivity contribution in [3.05, 3.63) is 0 Å². The van der Waals surface area contributed by atoms with Crippen molar-refractivity contribution in [2.24, 2.45) is 5.73 Å². The maximum absolute atomic E-state index is 10.1. The molecule has 0 saturated heterocycles. The molecule has 0 bridgehead atoms. The molecule has 1 unspecified atom stereocenters. The quantitative estimate of drug-likeness (QED) is 0.292. The molecule has 0 aromatic carbocycles. The van der Waals surface area contributed by atoms with Crippen LogP contribution in [-0.4, -0.2) is 13.2 Å². The molecule has 18 heavy (non-hydrogen) atoms. The number of hydrogen-bond donors (Lipinski definition) is 1. The Morgan fingerprint density at radius 3 is 1.61 bits per heavy atom. The Bertz CT molecular complexity index is 185. The molecule has 0 aliphatic heterocycles. The van der Waals surface area contributed by atoms with E-state index in [0.717, 1.165) is 25.8 Å². The van der Waals surface area contributed by atoms with E-state index in [1.807, 2.05) is 0 Å². The predicted octanol–water partition coefficient (Wildman–Crippen LogP) is -0.116. The molecule has 0 aliphatic carbocycles. The Balaban J connectivity index is 0. The topological polar surface area (TPSA) is 75.4 Å². The third kappa shape index (κ3) is 19.9. The van der Waals surface area contributed by atoms with Gasteiger partial charge in [-0.25, -0.2) is 0 Å². The Hall–Kier alpha value is 1.62. The molecular formula is C12H26KNO3P+. The molecule has 0 aromatic rings. The second-order valence-corrected chi connectivity index (χ2v) is 5.09. The molecule has 0 aromatic heterocycles. The van der Waals surface area contributed by atoms with E-state index in [1.54, 1.807) is 0 Å². The molecular weight excluding hydrogens is 276 g/mol. The van der Waals surface area contributed by atoms with E-state index >= 15 is 0 Å². The molecule has 0 radical (unpaired) electrons. The standard InChI is InChI=1S/C12H26NO3P.K/c13-11-9-7-5-3-1-2-4-6-8-10-12-16-17(14)15;/h1-13H2;/q;+1. The van der Waals surface area contributed by atoms with Gasteiger partial charge in [0.05, 0.1) is 0 Å². The predicted molar refractivity (Wildman–Crippen MR) is 68.8 cm³/mol. The molecule has 0 aliphatic rings. The van der Waals surface area contributed by atoms with Gasteiger partial charge < -0.3 is 10.6 Å². The average molecular weight is 302 g/mol. The van der Waals surface area contributed by atoms with Crippen molar-refractivity contribution in [2.45, 2.75) is 64.2 Å². The van der Waals surface area contributed by atoms with Gasteiger partial charge in [-0.3, -0.25) is 0 Å². The number of unbranched alkanes of at least 4 members (excludes halogenated alkanes) is 9. The molecule has 1 atom stereocenters. The van der Waals surface area contributed by atoms with E-state index in [2.05, 4.69) is 4.52 Å². The summed E-state index contributed by atoms with van der Waals surface area (Å²) in [5.41, 5.74) is 5.42. The summed E-state index contributed by atoms with van der Waals surface area (Å²) >= 11 is 0. The van der Waals surface area contributed by atoms with Crippen LogP contribution in [0, 0.1) is 0 Å². The monoisotopic (exact) mass is 302 g/mol. The molecule has 0 rings (SSSR count). The zero-order valence-electron chi connectivity index (χ0n) is 11.7. The van der Waals surface area contributed by atoms with E-state index < -0.39 is 8.25 Å². The molecule has 0 saturated carbocycles. The Morgan fingerprint density at radius 1 is 0.833 bits per heavy atom. The molecule has 4 nitrogen and oxygen atoms in total. The van der Waals surface area contributed by atoms with Crippen LogP contribution in [0.2, 0.25) is 0 Å². The van der Waals surface area contributed by atoms with E-state index in [-0.39, 0.29) is 51.4 Å². The van der Waals surface area contributed by atoms with Gasteiger partial charge in [-0.05, 0) is 24.0 Å². The van der Waals surface area contributed by atoms with Crippen LogP contribution in [0.15, 0.2) is 0 Å². The first kappa shape index (κ1) is 21.9. The van der Waals surface area contributed by atoms with E-state index in [0.29, 0.717) is 6.61 Å². The summed E-state index contributed by atoms with van der Waals surface area (Å²) < 4.78 is 14.6. The molecule has 102 valence electrons. The molecule has 0 fully saturated rings. The van der Waals surface area contributed by atoms with Crippen LogP contribution in [0.25, 0.3) is 0 Å². The zero-order chi connectivity index (χ0) is 12.8. The van der Waals surface area contributed by atoms with Crippen LogP contribution < -0.4 is 62.0 Å². The van der Waals surface area contributed by atoms with Crippen molar-refractivity contribution in [3.63, 3.8) is 0 Å². The normalized spacial score (nSPS) is 11.1. The zero-order valence-corrected chi connectivity index (χ0v) is 15.8. The first-order chi connectivity index (χ1) is 8.27. The minimum Gasteiger partial charge on any atom is -0.566 e. The molecule has 0 spiro atoms. The summed E-state index contributed by atoms with van der Waals surface area (Å²) in [5, 5.41) is 0. The van der Waals surface area contributed by atoms with Gasteiger partial charge in [0.1, 0.15) is 6.61 Å². The summed E-state index contributed by atoms with van der Waals surface area (Å²) in [6, 6.07) is 0. The Labute approximate surface area is 155 Å². The number of rotatable bonds is 13. The van der Waals surface area contributed by atoms with Crippen molar-refractivity contribution < 1.29 is 65.4 Å². The van der Waals surface area contributed by atoms with Gasteiger partial charge in [0.15, 0.2) is 0 Å². The summed E-state index contributed by atoms with van der Waals surface area (Å²) in [5.74, 6) is 0. The number of nitrogens with two attached hydrogens (primary N) is 1. The third-order valence-electron chi connectivity index (χ3n) is 2.80. The second kappa shape index (κ2) is 18.6.